The summed E-state index contributed by atoms with van der Waals surface area (Å²) in [5.74, 6) is -0.926. The monoisotopic (exact) mass is 336 g/mol. The molecule has 24 heavy (non-hydrogen) atoms. The molecule has 0 spiro atoms. The normalized spacial score (nSPS) is 21.5. The summed E-state index contributed by atoms with van der Waals surface area (Å²) < 4.78 is 23.1. The molecular weight excluding hydrogens is 308 g/mol. The first-order valence-corrected chi connectivity index (χ1v) is 8.30. The van der Waals surface area contributed by atoms with Gasteiger partial charge in [-0.25, -0.2) is 0 Å². The molecule has 0 N–H and O–H groups in total. The third-order valence-electron chi connectivity index (χ3n) is 4.06. The SMILES string of the molecule is CC(=O)OCC(C)(C)C(OCc1ccccc1)[C@H]1COC(C)(C)O1. The van der Waals surface area contributed by atoms with E-state index in [2.05, 4.69) is 0 Å². The summed E-state index contributed by atoms with van der Waals surface area (Å²) in [6.45, 7) is 10.4. The highest BCUT2D eigenvalue weighted by Crippen LogP contribution is 2.34. The molecule has 0 amide bonds. The van der Waals surface area contributed by atoms with Gasteiger partial charge in [0.25, 0.3) is 0 Å². The van der Waals surface area contributed by atoms with E-state index in [4.69, 9.17) is 18.9 Å². The van der Waals surface area contributed by atoms with Crippen LogP contribution in [0.4, 0.5) is 0 Å². The van der Waals surface area contributed by atoms with Crippen LogP contribution in [0.25, 0.3) is 0 Å². The molecule has 1 unspecified atom stereocenters. The Bertz CT molecular complexity index is 538. The Balaban J connectivity index is 2.10. The summed E-state index contributed by atoms with van der Waals surface area (Å²) >= 11 is 0. The second-order valence-corrected chi connectivity index (χ2v) is 7.35. The van der Waals surface area contributed by atoms with Crippen LogP contribution in [-0.2, 0) is 30.3 Å². The van der Waals surface area contributed by atoms with Crippen molar-refractivity contribution in [3.05, 3.63) is 35.9 Å². The van der Waals surface area contributed by atoms with Crippen LogP contribution < -0.4 is 0 Å². The first kappa shape index (κ1) is 18.9. The number of rotatable bonds is 7. The number of carbonyl (C=O) groups is 1. The van der Waals surface area contributed by atoms with Crippen molar-refractivity contribution in [2.45, 2.75) is 59.2 Å². The standard InChI is InChI=1S/C19H28O5/c1-14(20)22-13-18(2,3)17(16-12-23-19(4,5)24-16)21-11-15-9-7-6-8-10-15/h6-10,16-17H,11-13H2,1-5H3/t16-,17?/m1/s1. The second-order valence-electron chi connectivity index (χ2n) is 7.35. The third kappa shape index (κ3) is 5.30. The third-order valence-corrected chi connectivity index (χ3v) is 4.06. The minimum atomic E-state index is -0.628. The van der Waals surface area contributed by atoms with E-state index in [0.717, 1.165) is 5.56 Å². The zero-order chi connectivity index (χ0) is 17.8. The van der Waals surface area contributed by atoms with Gasteiger partial charge in [-0.15, -0.1) is 0 Å². The Morgan fingerprint density at radius 2 is 2.00 bits per heavy atom. The highest BCUT2D eigenvalue weighted by atomic mass is 16.7. The maximum atomic E-state index is 11.2. The molecule has 1 aromatic carbocycles. The van der Waals surface area contributed by atoms with Crippen molar-refractivity contribution >= 4 is 5.97 Å². The molecule has 5 heteroatoms. The van der Waals surface area contributed by atoms with Crippen molar-refractivity contribution < 1.29 is 23.7 Å². The molecule has 1 aliphatic rings. The van der Waals surface area contributed by atoms with Crippen LogP contribution in [0.5, 0.6) is 0 Å². The Hall–Kier alpha value is -1.43. The molecule has 1 saturated heterocycles. The van der Waals surface area contributed by atoms with Gasteiger partial charge in [0.05, 0.1) is 25.9 Å². The van der Waals surface area contributed by atoms with Crippen LogP contribution in [0.1, 0.15) is 40.2 Å². The lowest BCUT2D eigenvalue weighted by atomic mass is 9.84. The molecule has 134 valence electrons. The molecule has 2 rings (SSSR count). The predicted octanol–water partition coefficient (Wildman–Crippen LogP) is 3.31. The quantitative estimate of drug-likeness (QED) is 0.715. The van der Waals surface area contributed by atoms with E-state index in [1.807, 2.05) is 58.0 Å². The smallest absolute Gasteiger partial charge is 0.302 e. The van der Waals surface area contributed by atoms with E-state index >= 15 is 0 Å². The van der Waals surface area contributed by atoms with Crippen molar-refractivity contribution in [1.82, 2.24) is 0 Å². The van der Waals surface area contributed by atoms with Gasteiger partial charge in [0.2, 0.25) is 0 Å². The largest absolute Gasteiger partial charge is 0.465 e. The second kappa shape index (κ2) is 7.64. The molecule has 0 bridgehead atoms. The summed E-state index contributed by atoms with van der Waals surface area (Å²) in [4.78, 5) is 11.2. The molecule has 1 aliphatic heterocycles. The predicted molar refractivity (Wildman–Crippen MR) is 90.3 cm³/mol. The van der Waals surface area contributed by atoms with E-state index in [1.54, 1.807) is 0 Å². The van der Waals surface area contributed by atoms with Crippen molar-refractivity contribution in [2.75, 3.05) is 13.2 Å². The summed E-state index contributed by atoms with van der Waals surface area (Å²) in [6.07, 6.45) is -0.479. The molecule has 0 aliphatic carbocycles. The molecule has 0 radical (unpaired) electrons. The summed E-state index contributed by atoms with van der Waals surface area (Å²) in [5, 5.41) is 0. The number of hydrogen-bond donors (Lipinski definition) is 0. The first-order valence-electron chi connectivity index (χ1n) is 8.30. The van der Waals surface area contributed by atoms with Crippen LogP contribution in [-0.4, -0.2) is 37.2 Å². The molecule has 5 nitrogen and oxygen atoms in total. The summed E-state index contributed by atoms with van der Waals surface area (Å²) in [7, 11) is 0. The average Bonchev–Trinajstić information content (AvgIpc) is 2.86. The van der Waals surface area contributed by atoms with E-state index in [1.165, 1.54) is 6.92 Å². The Labute approximate surface area is 144 Å². The van der Waals surface area contributed by atoms with Gasteiger partial charge in [0, 0.05) is 12.3 Å². The molecule has 1 heterocycles. The number of ether oxygens (including phenoxy) is 4. The Morgan fingerprint density at radius 1 is 1.33 bits per heavy atom. The van der Waals surface area contributed by atoms with Crippen molar-refractivity contribution in [3.8, 4) is 0 Å². The number of carbonyl (C=O) groups excluding carboxylic acids is 1. The fourth-order valence-electron chi connectivity index (χ4n) is 2.83. The lowest BCUT2D eigenvalue weighted by Crippen LogP contribution is -2.46. The van der Waals surface area contributed by atoms with Gasteiger partial charge in [-0.2, -0.15) is 0 Å². The first-order chi connectivity index (χ1) is 11.2. The lowest BCUT2D eigenvalue weighted by Gasteiger charge is -2.37. The molecule has 2 atom stereocenters. The average molecular weight is 336 g/mol. The maximum Gasteiger partial charge on any atom is 0.302 e. The van der Waals surface area contributed by atoms with Gasteiger partial charge in [0.1, 0.15) is 6.10 Å². The van der Waals surface area contributed by atoms with Gasteiger partial charge < -0.3 is 18.9 Å². The number of benzene rings is 1. The Morgan fingerprint density at radius 3 is 2.54 bits per heavy atom. The van der Waals surface area contributed by atoms with E-state index in [9.17, 15) is 4.79 Å². The van der Waals surface area contributed by atoms with Gasteiger partial charge in [-0.3, -0.25) is 4.79 Å². The van der Waals surface area contributed by atoms with Crippen LogP contribution in [0.2, 0.25) is 0 Å². The van der Waals surface area contributed by atoms with Crippen LogP contribution in [0.15, 0.2) is 30.3 Å². The topological polar surface area (TPSA) is 54.0 Å². The van der Waals surface area contributed by atoms with E-state index < -0.39 is 11.2 Å². The van der Waals surface area contributed by atoms with Gasteiger partial charge in [-0.1, -0.05) is 44.2 Å². The lowest BCUT2D eigenvalue weighted by molar-refractivity contribution is -0.181. The highest BCUT2D eigenvalue weighted by Gasteiger charge is 2.45. The van der Waals surface area contributed by atoms with Crippen LogP contribution in [0, 0.1) is 5.41 Å². The highest BCUT2D eigenvalue weighted by molar-refractivity contribution is 5.65. The summed E-state index contributed by atoms with van der Waals surface area (Å²) in [5.41, 5.74) is 0.679. The van der Waals surface area contributed by atoms with Gasteiger partial charge in [-0.05, 0) is 19.4 Å². The van der Waals surface area contributed by atoms with Gasteiger partial charge >= 0.3 is 5.97 Å². The molecule has 0 aromatic heterocycles. The molecule has 0 saturated carbocycles. The van der Waals surface area contributed by atoms with Crippen molar-refractivity contribution in [1.29, 1.82) is 0 Å². The van der Waals surface area contributed by atoms with Crippen molar-refractivity contribution in [2.24, 2.45) is 5.41 Å². The minimum Gasteiger partial charge on any atom is -0.465 e. The van der Waals surface area contributed by atoms with Crippen molar-refractivity contribution in [3.63, 3.8) is 0 Å². The van der Waals surface area contributed by atoms with Crippen LogP contribution >= 0.6 is 0 Å². The van der Waals surface area contributed by atoms with E-state index in [-0.39, 0.29) is 24.8 Å². The van der Waals surface area contributed by atoms with E-state index in [0.29, 0.717) is 13.2 Å². The zero-order valence-electron chi connectivity index (χ0n) is 15.2. The minimum absolute atomic E-state index is 0.214. The van der Waals surface area contributed by atoms with Gasteiger partial charge in [0.15, 0.2) is 5.79 Å². The fraction of sp³-hybridized carbons (Fsp3) is 0.632. The fourth-order valence-corrected chi connectivity index (χ4v) is 2.83. The molecule has 1 aromatic rings. The van der Waals surface area contributed by atoms with Crippen LogP contribution in [0.3, 0.4) is 0 Å². The number of hydrogen-bond acceptors (Lipinski definition) is 5. The number of esters is 1. The maximum absolute atomic E-state index is 11.2. The Kier molecular flexibility index (Phi) is 6.01. The summed E-state index contributed by atoms with van der Waals surface area (Å²) in [6, 6.07) is 9.98. The molecular formula is C19H28O5. The molecule has 1 fully saturated rings. The zero-order valence-corrected chi connectivity index (χ0v) is 15.2.